The van der Waals surface area contributed by atoms with Crippen LogP contribution in [0.2, 0.25) is 0 Å². The SMILES string of the molecule is CC[C@H](C)[C@H](NC(=O)[C@@H](CC(C)C)NC(=O)[C@H](CCN)NC(=O)[C@@H](N)CCN)C(=O)N[C@@H](CCN)C(=O)N[C@@H](CCN)C(=O)N[C@@H](CO)C(=O)O. The van der Waals surface area contributed by atoms with Crippen LogP contribution in [0.5, 0.6) is 0 Å². The molecule has 6 amide bonds. The number of carboxylic acids is 1. The van der Waals surface area contributed by atoms with Crippen LogP contribution in [0.25, 0.3) is 0 Å². The zero-order chi connectivity index (χ0) is 39.3. The lowest BCUT2D eigenvalue weighted by atomic mass is 9.96. The van der Waals surface area contributed by atoms with Crippen molar-refractivity contribution in [3.8, 4) is 0 Å². The summed E-state index contributed by atoms with van der Waals surface area (Å²) in [4.78, 5) is 90.4. The maximum Gasteiger partial charge on any atom is 0.328 e. The first-order valence-electron chi connectivity index (χ1n) is 17.2. The lowest BCUT2D eigenvalue weighted by Gasteiger charge is -2.30. The maximum absolute atomic E-state index is 13.7. The lowest BCUT2D eigenvalue weighted by Crippen LogP contribution is -2.61. The molecule has 0 aromatic carbocycles. The monoisotopic (exact) mass is 731 g/mol. The third kappa shape index (κ3) is 17.2. The minimum Gasteiger partial charge on any atom is -0.480 e. The predicted molar refractivity (Wildman–Crippen MR) is 188 cm³/mol. The van der Waals surface area contributed by atoms with Crippen LogP contribution in [-0.4, -0.2) is 127 Å². The van der Waals surface area contributed by atoms with E-state index >= 15 is 0 Å². The molecule has 20 heteroatoms. The molecule has 8 atom stereocenters. The number of carbonyl (C=O) groups is 7. The van der Waals surface area contributed by atoms with E-state index in [9.17, 15) is 38.7 Å². The van der Waals surface area contributed by atoms with E-state index in [0.29, 0.717) is 6.42 Å². The molecular weight excluding hydrogens is 670 g/mol. The van der Waals surface area contributed by atoms with Gasteiger partial charge in [-0.15, -0.1) is 0 Å². The number of nitrogens with one attached hydrogen (secondary N) is 6. The Bertz CT molecular complexity index is 1140. The molecule has 0 saturated carbocycles. The average molecular weight is 732 g/mol. The highest BCUT2D eigenvalue weighted by Crippen LogP contribution is 2.12. The third-order valence-corrected chi connectivity index (χ3v) is 8.01. The van der Waals surface area contributed by atoms with Gasteiger partial charge < -0.3 is 70.8 Å². The second-order valence-electron chi connectivity index (χ2n) is 12.7. The largest absolute Gasteiger partial charge is 0.480 e. The molecule has 0 saturated heterocycles. The number of nitrogens with two attached hydrogens (primary N) is 5. The number of carbonyl (C=O) groups excluding carboxylic acids is 6. The van der Waals surface area contributed by atoms with Crippen molar-refractivity contribution in [1.82, 2.24) is 31.9 Å². The Hall–Kier alpha value is -3.95. The molecule has 0 radical (unpaired) electrons. The summed E-state index contributed by atoms with van der Waals surface area (Å²) in [7, 11) is 0. The highest BCUT2D eigenvalue weighted by atomic mass is 16.4. The molecule has 0 aliphatic heterocycles. The third-order valence-electron chi connectivity index (χ3n) is 8.01. The van der Waals surface area contributed by atoms with Gasteiger partial charge in [-0.2, -0.15) is 0 Å². The highest BCUT2D eigenvalue weighted by Gasteiger charge is 2.35. The van der Waals surface area contributed by atoms with Gasteiger partial charge in [-0.3, -0.25) is 28.8 Å². The molecule has 0 aliphatic carbocycles. The molecule has 0 heterocycles. The van der Waals surface area contributed by atoms with Crippen molar-refractivity contribution in [1.29, 1.82) is 0 Å². The second kappa shape index (κ2) is 25.1. The minimum atomic E-state index is -1.62. The first-order valence-corrected chi connectivity index (χ1v) is 17.2. The van der Waals surface area contributed by atoms with E-state index in [-0.39, 0.29) is 64.2 Å². The lowest BCUT2D eigenvalue weighted by molar-refractivity contribution is -0.143. The van der Waals surface area contributed by atoms with Crippen molar-refractivity contribution in [3.63, 3.8) is 0 Å². The molecule has 0 rings (SSSR count). The Labute approximate surface area is 298 Å². The van der Waals surface area contributed by atoms with Crippen LogP contribution in [0.4, 0.5) is 0 Å². The molecule has 51 heavy (non-hydrogen) atoms. The zero-order valence-electron chi connectivity index (χ0n) is 30.1. The van der Waals surface area contributed by atoms with Crippen molar-refractivity contribution in [3.05, 3.63) is 0 Å². The average Bonchev–Trinajstić information content (AvgIpc) is 3.07. The van der Waals surface area contributed by atoms with Crippen LogP contribution in [0.15, 0.2) is 0 Å². The first-order chi connectivity index (χ1) is 24.0. The van der Waals surface area contributed by atoms with Gasteiger partial charge in [0.1, 0.15) is 36.3 Å². The van der Waals surface area contributed by atoms with E-state index in [1.54, 1.807) is 13.8 Å². The smallest absolute Gasteiger partial charge is 0.328 e. The van der Waals surface area contributed by atoms with Crippen LogP contribution in [0.1, 0.15) is 66.2 Å². The molecule has 20 nitrogen and oxygen atoms in total. The van der Waals surface area contributed by atoms with Crippen molar-refractivity contribution in [2.24, 2.45) is 40.5 Å². The fourth-order valence-electron chi connectivity index (χ4n) is 4.82. The van der Waals surface area contributed by atoms with Crippen LogP contribution in [-0.2, 0) is 33.6 Å². The van der Waals surface area contributed by atoms with Crippen LogP contribution in [0, 0.1) is 11.8 Å². The van der Waals surface area contributed by atoms with Gasteiger partial charge in [0.2, 0.25) is 35.4 Å². The number of rotatable bonds is 26. The fourth-order valence-corrected chi connectivity index (χ4v) is 4.82. The summed E-state index contributed by atoms with van der Waals surface area (Å²) >= 11 is 0. The van der Waals surface area contributed by atoms with Gasteiger partial charge in [-0.05, 0) is 70.1 Å². The summed E-state index contributed by atoms with van der Waals surface area (Å²) in [6.07, 6.45) is 0.679. The number of aliphatic hydroxyl groups is 1. The first kappa shape index (κ1) is 47.0. The molecule has 0 aliphatic rings. The summed E-state index contributed by atoms with van der Waals surface area (Å²) in [5, 5.41) is 33.5. The Morgan fingerprint density at radius 1 is 0.549 bits per heavy atom. The van der Waals surface area contributed by atoms with E-state index in [1.165, 1.54) is 0 Å². The van der Waals surface area contributed by atoms with E-state index < -0.39 is 96.2 Å². The standard InChI is InChI=1S/C31H61N11O9/c1-5-17(4)24(30(49)39-21(9-13-35)26(45)38-20(8-12-34)28(47)41-23(15-43)31(50)51)42-29(48)22(14-16(2)3)40-27(46)19(7-11-33)37-25(44)18(36)6-10-32/h16-24,43H,5-15,32-36H2,1-4H3,(H,37,44)(H,38,45)(H,39,49)(H,40,46)(H,41,47)(H,42,48)(H,50,51)/t17-,18-,19-,20-,21-,22+,23-,24-/m0/s1. The van der Waals surface area contributed by atoms with E-state index in [1.807, 2.05) is 13.8 Å². The Balaban J connectivity index is 6.08. The summed E-state index contributed by atoms with van der Waals surface area (Å²) < 4.78 is 0. The van der Waals surface area contributed by atoms with Crippen LogP contribution in [0.3, 0.4) is 0 Å². The van der Waals surface area contributed by atoms with Crippen molar-refractivity contribution >= 4 is 41.4 Å². The number of aliphatic carboxylic acids is 1. The quantitative estimate of drug-likeness (QED) is 0.0396. The molecule has 0 spiro atoms. The zero-order valence-corrected chi connectivity index (χ0v) is 30.1. The van der Waals surface area contributed by atoms with Crippen molar-refractivity contribution < 1.29 is 43.8 Å². The number of amides is 6. The van der Waals surface area contributed by atoms with E-state index in [2.05, 4.69) is 31.9 Å². The Kier molecular flexibility index (Phi) is 23.1. The molecule has 0 aromatic rings. The van der Waals surface area contributed by atoms with Gasteiger partial charge in [-0.1, -0.05) is 34.1 Å². The summed E-state index contributed by atoms with van der Waals surface area (Å²) in [5.74, 6) is -6.48. The van der Waals surface area contributed by atoms with Gasteiger partial charge >= 0.3 is 5.97 Å². The van der Waals surface area contributed by atoms with E-state index in [0.717, 1.165) is 0 Å². The van der Waals surface area contributed by atoms with Crippen LogP contribution >= 0.6 is 0 Å². The number of hydrogen-bond donors (Lipinski definition) is 13. The predicted octanol–water partition coefficient (Wildman–Crippen LogP) is -5.21. The van der Waals surface area contributed by atoms with Gasteiger partial charge in [0.05, 0.1) is 12.6 Å². The Morgan fingerprint density at radius 2 is 0.922 bits per heavy atom. The summed E-state index contributed by atoms with van der Waals surface area (Å²) in [6.45, 7) is 6.34. The Morgan fingerprint density at radius 3 is 1.29 bits per heavy atom. The number of aliphatic hydroxyl groups excluding tert-OH is 1. The molecule has 0 aromatic heterocycles. The van der Waals surface area contributed by atoms with Crippen LogP contribution < -0.4 is 60.6 Å². The summed E-state index contributed by atoms with van der Waals surface area (Å²) in [5.41, 5.74) is 28.3. The molecule has 18 N–H and O–H groups in total. The van der Waals surface area contributed by atoms with Crippen molar-refractivity contribution in [2.45, 2.75) is 109 Å². The molecule has 0 bridgehead atoms. The fraction of sp³-hybridized carbons (Fsp3) is 0.774. The normalized spacial score (nSPS) is 15.9. The van der Waals surface area contributed by atoms with Gasteiger partial charge in [0.15, 0.2) is 0 Å². The highest BCUT2D eigenvalue weighted by molar-refractivity contribution is 5.97. The molecule has 294 valence electrons. The molecular formula is C31H61N11O9. The topological polar surface area (TPSA) is 362 Å². The number of hydrogen-bond acceptors (Lipinski definition) is 13. The van der Waals surface area contributed by atoms with Gasteiger partial charge in [0, 0.05) is 0 Å². The second-order valence-corrected chi connectivity index (χ2v) is 12.7. The van der Waals surface area contributed by atoms with Gasteiger partial charge in [-0.25, -0.2) is 4.79 Å². The minimum absolute atomic E-state index is 0.0441. The maximum atomic E-state index is 13.7. The molecule has 0 unspecified atom stereocenters. The number of carboxylic acid groups (broad SMARTS) is 1. The molecule has 0 fully saturated rings. The van der Waals surface area contributed by atoms with Gasteiger partial charge in [0.25, 0.3) is 0 Å². The summed E-state index contributed by atoms with van der Waals surface area (Å²) in [6, 6.07) is -8.55. The van der Waals surface area contributed by atoms with Crippen molar-refractivity contribution in [2.75, 3.05) is 32.8 Å². The van der Waals surface area contributed by atoms with E-state index in [4.69, 9.17) is 33.8 Å².